The second kappa shape index (κ2) is 6.37. The van der Waals surface area contributed by atoms with Gasteiger partial charge in [0.2, 0.25) is 11.8 Å². The van der Waals surface area contributed by atoms with Crippen LogP contribution in [0, 0.1) is 0 Å². The molecule has 0 radical (unpaired) electrons. The van der Waals surface area contributed by atoms with E-state index in [1.165, 1.54) is 6.92 Å². The van der Waals surface area contributed by atoms with Crippen LogP contribution in [-0.2, 0) is 15.1 Å². The van der Waals surface area contributed by atoms with Gasteiger partial charge in [-0.25, -0.2) is 0 Å². The summed E-state index contributed by atoms with van der Waals surface area (Å²) in [7, 11) is 0. The zero-order valence-electron chi connectivity index (χ0n) is 10.3. The zero-order valence-corrected chi connectivity index (χ0v) is 11.2. The molecule has 0 fully saturated rings. The summed E-state index contributed by atoms with van der Waals surface area (Å²) in [6, 6.07) is 8.21. The highest BCUT2D eigenvalue weighted by Crippen LogP contribution is 2.17. The van der Waals surface area contributed by atoms with Crippen LogP contribution in [0.5, 0.6) is 0 Å². The number of halogens is 1. The van der Waals surface area contributed by atoms with Gasteiger partial charge in [0.05, 0.1) is 0 Å². The molecule has 0 aliphatic rings. The Morgan fingerprint density at radius 1 is 1.28 bits per heavy atom. The van der Waals surface area contributed by atoms with Crippen LogP contribution in [0.25, 0.3) is 0 Å². The summed E-state index contributed by atoms with van der Waals surface area (Å²) < 4.78 is 0. The Morgan fingerprint density at radius 2 is 1.78 bits per heavy atom. The molecule has 0 aliphatic heterocycles. The van der Waals surface area contributed by atoms with Gasteiger partial charge in [0.15, 0.2) is 0 Å². The largest absolute Gasteiger partial charge is 0.368 e. The van der Waals surface area contributed by atoms with Crippen molar-refractivity contribution in [2.45, 2.75) is 25.4 Å². The number of hydrogen-bond acceptors (Lipinski definition) is 3. The molecule has 0 heterocycles. The van der Waals surface area contributed by atoms with Crippen molar-refractivity contribution in [2.75, 3.05) is 0 Å². The van der Waals surface area contributed by atoms with Crippen LogP contribution in [0.3, 0.4) is 0 Å². The highest BCUT2D eigenvalue weighted by atomic mass is 35.5. The maximum absolute atomic E-state index is 11.9. The number of benzene rings is 1. The molecule has 5 nitrogen and oxygen atoms in total. The summed E-state index contributed by atoms with van der Waals surface area (Å²) in [5.41, 5.74) is 10.5. The number of nitrogens with two attached hydrogens (primary N) is 2. The van der Waals surface area contributed by atoms with Gasteiger partial charge in [-0.2, -0.15) is 0 Å². The Balaban J connectivity index is 0.00000289. The molecular formula is C12H18ClN3O2. The Kier molecular flexibility index (Phi) is 5.81. The fraction of sp³-hybridized carbons (Fsp3) is 0.333. The van der Waals surface area contributed by atoms with Crippen LogP contribution in [0.15, 0.2) is 30.3 Å². The van der Waals surface area contributed by atoms with E-state index in [0.717, 1.165) is 0 Å². The molecule has 5 N–H and O–H groups in total. The van der Waals surface area contributed by atoms with Gasteiger partial charge >= 0.3 is 0 Å². The van der Waals surface area contributed by atoms with Crippen LogP contribution >= 0.6 is 12.4 Å². The monoisotopic (exact) mass is 271 g/mol. The van der Waals surface area contributed by atoms with Crippen LogP contribution in [-0.4, -0.2) is 17.9 Å². The molecular weight excluding hydrogens is 254 g/mol. The summed E-state index contributed by atoms with van der Waals surface area (Å²) in [5, 5.41) is 2.48. The van der Waals surface area contributed by atoms with Gasteiger partial charge in [-0.15, -0.1) is 12.4 Å². The number of carbonyl (C=O) groups excluding carboxylic acids is 2. The van der Waals surface area contributed by atoms with Crippen molar-refractivity contribution in [2.24, 2.45) is 11.5 Å². The van der Waals surface area contributed by atoms with Gasteiger partial charge in [-0.1, -0.05) is 30.3 Å². The van der Waals surface area contributed by atoms with Gasteiger partial charge in [-0.05, 0) is 19.4 Å². The number of carbonyl (C=O) groups is 2. The molecule has 0 aliphatic carbocycles. The van der Waals surface area contributed by atoms with E-state index in [2.05, 4.69) is 5.32 Å². The summed E-state index contributed by atoms with van der Waals surface area (Å²) in [4.78, 5) is 22.8. The van der Waals surface area contributed by atoms with E-state index in [1.807, 2.05) is 6.07 Å². The molecule has 18 heavy (non-hydrogen) atoms. The van der Waals surface area contributed by atoms with Gasteiger partial charge < -0.3 is 16.8 Å². The Labute approximate surface area is 112 Å². The minimum Gasteiger partial charge on any atom is -0.368 e. The Hall–Kier alpha value is -1.59. The van der Waals surface area contributed by atoms with Crippen molar-refractivity contribution < 1.29 is 9.59 Å². The van der Waals surface area contributed by atoms with Gasteiger partial charge in [0, 0.05) is 0 Å². The van der Waals surface area contributed by atoms with E-state index in [4.69, 9.17) is 11.5 Å². The first-order valence-corrected chi connectivity index (χ1v) is 5.30. The smallest absolute Gasteiger partial charge is 0.245 e. The standard InChI is InChI=1S/C12H17N3O2.ClH/c1-8(10(13)16)15-11(17)12(2,14)9-6-4-3-5-7-9;/h3-8H,14H2,1-2H3,(H2,13,16)(H,15,17);1H/t8-,12?;/m0./s1. The average molecular weight is 272 g/mol. The lowest BCUT2D eigenvalue weighted by Crippen LogP contribution is -2.54. The third kappa shape index (κ3) is 3.72. The maximum atomic E-state index is 11.9. The van der Waals surface area contributed by atoms with E-state index < -0.39 is 23.4 Å². The molecule has 0 saturated carbocycles. The quantitative estimate of drug-likeness (QED) is 0.733. The Morgan fingerprint density at radius 3 is 2.22 bits per heavy atom. The van der Waals surface area contributed by atoms with Crippen molar-refractivity contribution in [1.29, 1.82) is 0 Å². The molecule has 1 rings (SSSR count). The Bertz CT molecular complexity index is 421. The summed E-state index contributed by atoms with van der Waals surface area (Å²) in [5.74, 6) is -1.03. The van der Waals surface area contributed by atoms with E-state index in [0.29, 0.717) is 5.56 Å². The van der Waals surface area contributed by atoms with Gasteiger partial charge in [0.25, 0.3) is 0 Å². The third-order valence-electron chi connectivity index (χ3n) is 2.62. The lowest BCUT2D eigenvalue weighted by atomic mass is 9.92. The number of rotatable bonds is 4. The number of hydrogen-bond donors (Lipinski definition) is 3. The highest BCUT2D eigenvalue weighted by molar-refractivity contribution is 5.91. The summed E-state index contributed by atoms with van der Waals surface area (Å²) in [6.07, 6.45) is 0. The van der Waals surface area contributed by atoms with Crippen molar-refractivity contribution >= 4 is 24.2 Å². The number of nitrogens with one attached hydrogen (secondary N) is 1. The third-order valence-corrected chi connectivity index (χ3v) is 2.62. The van der Waals surface area contributed by atoms with Crippen LogP contribution < -0.4 is 16.8 Å². The van der Waals surface area contributed by atoms with E-state index in [1.54, 1.807) is 31.2 Å². The fourth-order valence-corrected chi connectivity index (χ4v) is 1.33. The van der Waals surface area contributed by atoms with Crippen molar-refractivity contribution in [3.8, 4) is 0 Å². The van der Waals surface area contributed by atoms with E-state index in [-0.39, 0.29) is 12.4 Å². The molecule has 1 aromatic rings. The predicted molar refractivity (Wildman–Crippen MR) is 72.0 cm³/mol. The molecule has 100 valence electrons. The summed E-state index contributed by atoms with van der Waals surface area (Å²) in [6.45, 7) is 3.10. The fourth-order valence-electron chi connectivity index (χ4n) is 1.33. The minimum atomic E-state index is -1.19. The first kappa shape index (κ1) is 16.4. The van der Waals surface area contributed by atoms with Crippen LogP contribution in [0.4, 0.5) is 0 Å². The molecule has 0 saturated heterocycles. The highest BCUT2D eigenvalue weighted by Gasteiger charge is 2.31. The molecule has 6 heteroatoms. The first-order chi connectivity index (χ1) is 7.85. The lowest BCUT2D eigenvalue weighted by molar-refractivity contribution is -0.130. The van der Waals surface area contributed by atoms with Gasteiger partial charge in [-0.3, -0.25) is 9.59 Å². The van der Waals surface area contributed by atoms with Gasteiger partial charge in [0.1, 0.15) is 11.6 Å². The van der Waals surface area contributed by atoms with Crippen molar-refractivity contribution in [1.82, 2.24) is 5.32 Å². The molecule has 0 spiro atoms. The summed E-state index contributed by atoms with van der Waals surface area (Å²) >= 11 is 0. The van der Waals surface area contributed by atoms with Crippen LogP contribution in [0.2, 0.25) is 0 Å². The van der Waals surface area contributed by atoms with Crippen molar-refractivity contribution in [3.05, 3.63) is 35.9 Å². The first-order valence-electron chi connectivity index (χ1n) is 5.30. The molecule has 2 amide bonds. The second-order valence-electron chi connectivity index (χ2n) is 4.17. The van der Waals surface area contributed by atoms with Crippen LogP contribution in [0.1, 0.15) is 19.4 Å². The lowest BCUT2D eigenvalue weighted by Gasteiger charge is -2.25. The van der Waals surface area contributed by atoms with Crippen molar-refractivity contribution in [3.63, 3.8) is 0 Å². The SMILES string of the molecule is C[C@H](NC(=O)C(C)(N)c1ccccc1)C(N)=O.Cl. The number of primary amides is 1. The van der Waals surface area contributed by atoms with E-state index in [9.17, 15) is 9.59 Å². The second-order valence-corrected chi connectivity index (χ2v) is 4.17. The minimum absolute atomic E-state index is 0. The molecule has 2 atom stereocenters. The number of amides is 2. The molecule has 1 unspecified atom stereocenters. The normalized spacial score (nSPS) is 14.8. The molecule has 0 bridgehead atoms. The average Bonchev–Trinajstić information content (AvgIpc) is 2.29. The maximum Gasteiger partial charge on any atom is 0.245 e. The topological polar surface area (TPSA) is 98.2 Å². The predicted octanol–water partition coefficient (Wildman–Crippen LogP) is 0.272. The molecule has 1 aromatic carbocycles. The zero-order chi connectivity index (χ0) is 13.1. The van der Waals surface area contributed by atoms with E-state index >= 15 is 0 Å². The molecule has 0 aromatic heterocycles.